The van der Waals surface area contributed by atoms with Crippen molar-refractivity contribution in [1.82, 2.24) is 15.0 Å². The molecule has 2 aromatic heterocycles. The number of nitrogens with one attached hydrogen (secondary N) is 2. The first-order valence-electron chi connectivity index (χ1n) is 8.10. The maximum atomic E-state index is 12.3. The Bertz CT molecular complexity index is 1070. The number of fused-ring (bicyclic) bond motifs is 1. The number of anilines is 1. The summed E-state index contributed by atoms with van der Waals surface area (Å²) in [6.07, 6.45) is -4.82. The lowest BCUT2D eigenvalue weighted by Crippen LogP contribution is -2.20. The molecule has 0 aliphatic carbocycles. The Kier molecular flexibility index (Phi) is 6.56. The maximum absolute atomic E-state index is 12.3. The Morgan fingerprint density at radius 2 is 2.17 bits per heavy atom. The number of H-pyrrole nitrogens is 1. The quantitative estimate of drug-likeness (QED) is 0.357. The zero-order valence-corrected chi connectivity index (χ0v) is 17.1. The van der Waals surface area contributed by atoms with E-state index in [1.165, 1.54) is 23.9 Å². The van der Waals surface area contributed by atoms with Crippen molar-refractivity contribution in [3.63, 3.8) is 0 Å². The van der Waals surface area contributed by atoms with Crippen LogP contribution in [0.2, 0.25) is 5.02 Å². The lowest BCUT2D eigenvalue weighted by Gasteiger charge is -2.13. The molecule has 0 saturated carbocycles. The van der Waals surface area contributed by atoms with Crippen molar-refractivity contribution < 1.29 is 23.0 Å². The van der Waals surface area contributed by atoms with Gasteiger partial charge in [0.15, 0.2) is 16.6 Å². The predicted molar refractivity (Wildman–Crippen MR) is 106 cm³/mol. The van der Waals surface area contributed by atoms with Gasteiger partial charge in [-0.05, 0) is 24.6 Å². The van der Waals surface area contributed by atoms with E-state index in [1.54, 1.807) is 6.92 Å². The minimum Gasteiger partial charge on any atom is -0.404 e. The third-order valence-electron chi connectivity index (χ3n) is 3.51. The molecule has 0 spiro atoms. The van der Waals surface area contributed by atoms with E-state index in [9.17, 15) is 23.1 Å². The highest BCUT2D eigenvalue weighted by Crippen LogP contribution is 2.33. The van der Waals surface area contributed by atoms with Gasteiger partial charge in [0.05, 0.1) is 11.6 Å². The molecule has 1 aromatic carbocycles. The van der Waals surface area contributed by atoms with Crippen LogP contribution in [0.3, 0.4) is 0 Å². The van der Waals surface area contributed by atoms with Gasteiger partial charge in [0, 0.05) is 11.8 Å². The van der Waals surface area contributed by atoms with E-state index < -0.39 is 12.1 Å². The maximum Gasteiger partial charge on any atom is 0.573 e. The number of benzene rings is 1. The molecule has 0 aliphatic rings. The van der Waals surface area contributed by atoms with Gasteiger partial charge in [-0.15, -0.1) is 13.2 Å². The average Bonchev–Trinajstić information content (AvgIpc) is 3.01. The van der Waals surface area contributed by atoms with Crippen LogP contribution >= 0.6 is 34.7 Å². The molecule has 1 unspecified atom stereocenters. The molecule has 0 aliphatic heterocycles. The van der Waals surface area contributed by atoms with Crippen LogP contribution in [0.1, 0.15) is 12.5 Å². The highest BCUT2D eigenvalue weighted by atomic mass is 35.5. The van der Waals surface area contributed by atoms with Crippen molar-refractivity contribution in [3.8, 4) is 5.75 Å². The summed E-state index contributed by atoms with van der Waals surface area (Å²) in [7, 11) is 0. The topological polar surface area (TPSA) is 100 Å². The number of hydrogen-bond donors (Lipinski definition) is 3. The molecule has 7 nitrogen and oxygen atoms in total. The number of alkyl halides is 3. The summed E-state index contributed by atoms with van der Waals surface area (Å²) in [5.41, 5.74) is 0.993. The summed E-state index contributed by atoms with van der Waals surface area (Å²) in [5.74, 6) is 0.251. The van der Waals surface area contributed by atoms with Crippen molar-refractivity contribution in [2.75, 3.05) is 11.9 Å². The van der Waals surface area contributed by atoms with Gasteiger partial charge in [0.25, 0.3) is 0 Å². The molecule has 0 amide bonds. The van der Waals surface area contributed by atoms with Gasteiger partial charge in [-0.2, -0.15) is 0 Å². The van der Waals surface area contributed by atoms with Gasteiger partial charge >= 0.3 is 11.2 Å². The summed E-state index contributed by atoms with van der Waals surface area (Å²) in [5, 5.41) is 12.4. The SMILES string of the molecule is CC(CO)Nc1nc(SCc2ccc(OC(F)(F)F)c(Cl)c2)nc2[nH]c(=O)sc12. The summed E-state index contributed by atoms with van der Waals surface area (Å²) in [4.78, 5) is 22.7. The van der Waals surface area contributed by atoms with Crippen LogP contribution in [-0.4, -0.2) is 39.1 Å². The van der Waals surface area contributed by atoms with Gasteiger partial charge in [0.2, 0.25) is 0 Å². The molecule has 2 heterocycles. The van der Waals surface area contributed by atoms with Crippen LogP contribution in [0.5, 0.6) is 5.75 Å². The highest BCUT2D eigenvalue weighted by Gasteiger charge is 2.32. The van der Waals surface area contributed by atoms with Crippen molar-refractivity contribution in [1.29, 1.82) is 0 Å². The molecule has 3 N–H and O–H groups in total. The number of aromatic amines is 1. The fourth-order valence-electron chi connectivity index (χ4n) is 2.26. The minimum atomic E-state index is -4.82. The van der Waals surface area contributed by atoms with Gasteiger partial charge in [-0.3, -0.25) is 9.78 Å². The molecule has 3 aromatic rings. The second kappa shape index (κ2) is 8.78. The number of aliphatic hydroxyl groups is 1. The Morgan fingerprint density at radius 3 is 2.83 bits per heavy atom. The van der Waals surface area contributed by atoms with Crippen LogP contribution < -0.4 is 14.9 Å². The standard InChI is InChI=1S/C16H14ClF3N4O3S2/c1-7(5-25)21-12-11-13(24-15(26)29-11)23-14(22-12)28-6-8-2-3-10(9(17)4-8)27-16(18,19)20/h2-4,7,25H,5-6H2,1H3,(H2,21,22,23,24,26). The Morgan fingerprint density at radius 1 is 1.41 bits per heavy atom. The first-order chi connectivity index (χ1) is 13.6. The van der Waals surface area contributed by atoms with E-state index in [2.05, 4.69) is 25.0 Å². The fraction of sp³-hybridized carbons (Fsp3) is 0.312. The molecule has 1 atom stereocenters. The molecular weight excluding hydrogens is 453 g/mol. The number of aromatic nitrogens is 3. The number of ether oxygens (including phenoxy) is 1. The van der Waals surface area contributed by atoms with Crippen molar-refractivity contribution in [2.45, 2.75) is 30.2 Å². The summed E-state index contributed by atoms with van der Waals surface area (Å²) in [6.45, 7) is 1.63. The number of thioether (sulfide) groups is 1. The van der Waals surface area contributed by atoms with Crippen molar-refractivity contribution in [3.05, 3.63) is 38.5 Å². The average molecular weight is 467 g/mol. The smallest absolute Gasteiger partial charge is 0.404 e. The van der Waals surface area contributed by atoms with E-state index in [-0.39, 0.29) is 22.5 Å². The van der Waals surface area contributed by atoms with Crippen LogP contribution in [0.4, 0.5) is 19.0 Å². The third kappa shape index (κ3) is 5.75. The molecule has 3 rings (SSSR count). The van der Waals surface area contributed by atoms with Crippen LogP contribution in [0, 0.1) is 0 Å². The van der Waals surface area contributed by atoms with Crippen LogP contribution in [0.25, 0.3) is 10.3 Å². The monoisotopic (exact) mass is 466 g/mol. The first-order valence-corrected chi connectivity index (χ1v) is 10.3. The summed E-state index contributed by atoms with van der Waals surface area (Å²) >= 11 is 8.02. The second-order valence-corrected chi connectivity index (χ2v) is 8.21. The Balaban J connectivity index is 1.80. The van der Waals surface area contributed by atoms with Gasteiger partial charge < -0.3 is 15.2 Å². The lowest BCUT2D eigenvalue weighted by molar-refractivity contribution is -0.274. The zero-order chi connectivity index (χ0) is 21.2. The molecular formula is C16H14ClF3N4O3S2. The third-order valence-corrected chi connectivity index (χ3v) is 5.60. The van der Waals surface area contributed by atoms with Crippen LogP contribution in [0.15, 0.2) is 28.2 Å². The van der Waals surface area contributed by atoms with Gasteiger partial charge in [-0.1, -0.05) is 40.8 Å². The molecule has 29 heavy (non-hydrogen) atoms. The highest BCUT2D eigenvalue weighted by molar-refractivity contribution is 7.98. The number of rotatable bonds is 7. The summed E-state index contributed by atoms with van der Waals surface area (Å²) < 4.78 is 41.4. The molecule has 156 valence electrons. The lowest BCUT2D eigenvalue weighted by atomic mass is 10.2. The second-order valence-electron chi connectivity index (χ2n) is 5.88. The van der Waals surface area contributed by atoms with E-state index in [4.69, 9.17) is 11.6 Å². The van der Waals surface area contributed by atoms with E-state index in [0.717, 1.165) is 17.4 Å². The largest absolute Gasteiger partial charge is 0.573 e. The minimum absolute atomic E-state index is 0.127. The van der Waals surface area contributed by atoms with E-state index >= 15 is 0 Å². The van der Waals surface area contributed by atoms with Gasteiger partial charge in [-0.25, -0.2) is 9.97 Å². The molecule has 0 fully saturated rings. The number of aliphatic hydroxyl groups excluding tert-OH is 1. The van der Waals surface area contributed by atoms with Crippen molar-refractivity contribution >= 4 is 50.9 Å². The summed E-state index contributed by atoms with van der Waals surface area (Å²) in [6, 6.07) is 3.68. The predicted octanol–water partition coefficient (Wildman–Crippen LogP) is 4.02. The molecule has 0 radical (unpaired) electrons. The molecule has 0 saturated heterocycles. The Labute approximate surface area is 175 Å². The number of thiazole rings is 1. The number of halogens is 4. The van der Waals surface area contributed by atoms with Crippen LogP contribution in [-0.2, 0) is 5.75 Å². The van der Waals surface area contributed by atoms with E-state index in [0.29, 0.717) is 32.6 Å². The van der Waals surface area contributed by atoms with E-state index in [1.807, 2.05) is 0 Å². The van der Waals surface area contributed by atoms with Gasteiger partial charge in [0.1, 0.15) is 10.4 Å². The zero-order valence-electron chi connectivity index (χ0n) is 14.7. The Hall–Kier alpha value is -2.02. The number of nitrogens with zero attached hydrogens (tertiary/aromatic N) is 2. The van der Waals surface area contributed by atoms with Crippen molar-refractivity contribution in [2.24, 2.45) is 0 Å². The first kappa shape index (κ1) is 21.7. The number of hydrogen-bond acceptors (Lipinski definition) is 8. The fourth-order valence-corrected chi connectivity index (χ4v) is 4.01. The molecule has 13 heteroatoms. The molecule has 0 bridgehead atoms. The normalized spacial score (nSPS) is 12.9.